The number of ether oxygens (including phenoxy) is 2. The number of amides is 1. The van der Waals surface area contributed by atoms with Gasteiger partial charge in [-0.15, -0.1) is 0 Å². The molecule has 2 aliphatic heterocycles. The Morgan fingerprint density at radius 3 is 2.70 bits per heavy atom. The van der Waals surface area contributed by atoms with Gasteiger partial charge in [0.25, 0.3) is 0 Å². The van der Waals surface area contributed by atoms with Crippen molar-refractivity contribution in [2.45, 2.75) is 52.0 Å². The Morgan fingerprint density at radius 2 is 1.94 bits per heavy atom. The van der Waals surface area contributed by atoms with Crippen LogP contribution in [0.3, 0.4) is 0 Å². The lowest BCUT2D eigenvalue weighted by Crippen LogP contribution is -2.55. The second kappa shape index (κ2) is 9.08. The van der Waals surface area contributed by atoms with E-state index in [0.29, 0.717) is 18.2 Å². The van der Waals surface area contributed by atoms with Crippen LogP contribution in [-0.4, -0.2) is 54.3 Å². The number of fused-ring (bicyclic) bond motifs is 2. The first-order valence-electron chi connectivity index (χ1n) is 12.1. The number of piperazine rings is 1. The molecule has 3 aliphatic rings. The van der Waals surface area contributed by atoms with Gasteiger partial charge in [-0.3, -0.25) is 4.79 Å². The van der Waals surface area contributed by atoms with Gasteiger partial charge < -0.3 is 19.3 Å². The summed E-state index contributed by atoms with van der Waals surface area (Å²) in [5, 5.41) is 0. The van der Waals surface area contributed by atoms with Crippen molar-refractivity contribution in [3.8, 4) is 17.2 Å². The van der Waals surface area contributed by atoms with Gasteiger partial charge in [0.1, 0.15) is 23.0 Å². The average molecular weight is 448 g/mol. The Balaban J connectivity index is 1.42. The van der Waals surface area contributed by atoms with E-state index in [0.717, 1.165) is 59.5 Å². The molecule has 5 rings (SSSR count). The van der Waals surface area contributed by atoms with Crippen molar-refractivity contribution >= 4 is 17.4 Å². The molecule has 2 fully saturated rings. The highest BCUT2D eigenvalue weighted by molar-refractivity contribution is 6.04. The van der Waals surface area contributed by atoms with Crippen LogP contribution in [0.5, 0.6) is 17.2 Å². The molecule has 1 unspecified atom stereocenters. The smallest absolute Gasteiger partial charge is 0.223 e. The number of benzene rings is 2. The van der Waals surface area contributed by atoms with Crippen molar-refractivity contribution in [1.29, 1.82) is 0 Å². The number of nitrogens with zero attached hydrogens (tertiary/aromatic N) is 3. The molecular formula is C27H33N3O3. The van der Waals surface area contributed by atoms with Crippen molar-refractivity contribution in [2.75, 3.05) is 26.7 Å². The number of aliphatic imine (C=N–C) groups is 1. The predicted octanol–water partition coefficient (Wildman–Crippen LogP) is 5.30. The van der Waals surface area contributed by atoms with Crippen LogP contribution in [0.2, 0.25) is 0 Å². The van der Waals surface area contributed by atoms with Crippen LogP contribution >= 0.6 is 0 Å². The standard InChI is InChI=1S/C27H33N3O3/c1-18-8-11-23-25(14-18)33-24-16-21(32-3)9-10-22(24)27(28-23)29-12-13-30(19(2)17-29)26(31)15-20-6-4-5-7-20/h8-11,14,16,19-20H,4-7,12-13,15,17H2,1-3H3. The summed E-state index contributed by atoms with van der Waals surface area (Å²) in [5.74, 6) is 4.02. The molecular weight excluding hydrogens is 414 g/mol. The molecule has 6 heteroatoms. The molecule has 0 radical (unpaired) electrons. The second-order valence-corrected chi connectivity index (χ2v) is 9.61. The Labute approximate surface area is 196 Å². The third-order valence-electron chi connectivity index (χ3n) is 7.18. The fraction of sp³-hybridized carbons (Fsp3) is 0.481. The Hall–Kier alpha value is -3.02. The van der Waals surface area contributed by atoms with Gasteiger partial charge in [0.05, 0.1) is 12.7 Å². The number of aryl methyl sites for hydroxylation is 1. The van der Waals surface area contributed by atoms with Crippen LogP contribution in [0.1, 0.15) is 50.2 Å². The van der Waals surface area contributed by atoms with E-state index >= 15 is 0 Å². The molecule has 174 valence electrons. The van der Waals surface area contributed by atoms with E-state index in [1.54, 1.807) is 7.11 Å². The summed E-state index contributed by atoms with van der Waals surface area (Å²) in [7, 11) is 1.66. The molecule has 33 heavy (non-hydrogen) atoms. The van der Waals surface area contributed by atoms with Gasteiger partial charge in [-0.1, -0.05) is 18.9 Å². The minimum absolute atomic E-state index is 0.138. The number of hydrogen-bond acceptors (Lipinski definition) is 5. The van der Waals surface area contributed by atoms with Crippen molar-refractivity contribution in [3.05, 3.63) is 47.5 Å². The van der Waals surface area contributed by atoms with E-state index in [4.69, 9.17) is 14.5 Å². The summed E-state index contributed by atoms with van der Waals surface area (Å²) in [6.07, 6.45) is 5.66. The van der Waals surface area contributed by atoms with Gasteiger partial charge in [0.2, 0.25) is 5.91 Å². The summed E-state index contributed by atoms with van der Waals surface area (Å²) >= 11 is 0. The summed E-state index contributed by atoms with van der Waals surface area (Å²) in [4.78, 5) is 22.4. The fourth-order valence-electron chi connectivity index (χ4n) is 5.33. The SMILES string of the molecule is COc1ccc2c(c1)Oc1cc(C)ccc1N=C2N1CCN(C(=O)CC2CCCC2)C(C)C1. The van der Waals surface area contributed by atoms with E-state index < -0.39 is 0 Å². The van der Waals surface area contributed by atoms with Crippen LogP contribution in [0.25, 0.3) is 0 Å². The molecule has 2 aromatic carbocycles. The van der Waals surface area contributed by atoms with Crippen molar-refractivity contribution in [1.82, 2.24) is 9.80 Å². The molecule has 1 saturated carbocycles. The second-order valence-electron chi connectivity index (χ2n) is 9.61. The highest BCUT2D eigenvalue weighted by Gasteiger charge is 2.32. The van der Waals surface area contributed by atoms with Gasteiger partial charge in [-0.2, -0.15) is 0 Å². The Kier molecular flexibility index (Phi) is 6.00. The molecule has 2 aromatic rings. The zero-order chi connectivity index (χ0) is 22.9. The molecule has 6 nitrogen and oxygen atoms in total. The topological polar surface area (TPSA) is 54.4 Å². The number of rotatable bonds is 3. The zero-order valence-electron chi connectivity index (χ0n) is 19.8. The first-order chi connectivity index (χ1) is 16.0. The molecule has 0 N–H and O–H groups in total. The zero-order valence-corrected chi connectivity index (χ0v) is 19.8. The highest BCUT2D eigenvalue weighted by Crippen LogP contribution is 2.40. The van der Waals surface area contributed by atoms with Gasteiger partial charge in [0.15, 0.2) is 5.75 Å². The number of carbonyl (C=O) groups excluding carboxylic acids is 1. The van der Waals surface area contributed by atoms with Crippen LogP contribution in [0.15, 0.2) is 41.4 Å². The number of hydrogen-bond donors (Lipinski definition) is 0. The highest BCUT2D eigenvalue weighted by atomic mass is 16.5. The molecule has 1 aliphatic carbocycles. The van der Waals surface area contributed by atoms with E-state index in [1.165, 1.54) is 25.7 Å². The molecule has 1 saturated heterocycles. The first kappa shape index (κ1) is 21.8. The van der Waals surface area contributed by atoms with Gasteiger partial charge >= 0.3 is 0 Å². The molecule has 2 heterocycles. The number of amidine groups is 1. The van der Waals surface area contributed by atoms with Gasteiger partial charge in [-0.05, 0) is 62.4 Å². The predicted molar refractivity (Wildman–Crippen MR) is 130 cm³/mol. The van der Waals surface area contributed by atoms with E-state index in [-0.39, 0.29) is 6.04 Å². The van der Waals surface area contributed by atoms with Crippen molar-refractivity contribution in [2.24, 2.45) is 10.9 Å². The molecule has 0 spiro atoms. The summed E-state index contributed by atoms with van der Waals surface area (Å²) in [6.45, 7) is 6.43. The quantitative estimate of drug-likeness (QED) is 0.641. The largest absolute Gasteiger partial charge is 0.497 e. The normalized spacial score (nSPS) is 20.5. The maximum absolute atomic E-state index is 13.0. The van der Waals surface area contributed by atoms with E-state index in [1.807, 2.05) is 30.3 Å². The van der Waals surface area contributed by atoms with Crippen molar-refractivity contribution < 1.29 is 14.3 Å². The van der Waals surface area contributed by atoms with Gasteiger partial charge in [0, 0.05) is 38.2 Å². The summed E-state index contributed by atoms with van der Waals surface area (Å²) in [6, 6.07) is 12.1. The van der Waals surface area contributed by atoms with Gasteiger partial charge in [-0.25, -0.2) is 4.99 Å². The average Bonchev–Trinajstić information content (AvgIpc) is 3.25. The molecule has 0 aromatic heterocycles. The Morgan fingerprint density at radius 1 is 1.12 bits per heavy atom. The monoisotopic (exact) mass is 447 g/mol. The number of carbonyl (C=O) groups is 1. The number of methoxy groups -OCH3 is 1. The van der Waals surface area contributed by atoms with E-state index in [2.05, 4.69) is 29.7 Å². The third-order valence-corrected chi connectivity index (χ3v) is 7.18. The lowest BCUT2D eigenvalue weighted by Gasteiger charge is -2.41. The first-order valence-corrected chi connectivity index (χ1v) is 12.1. The molecule has 0 bridgehead atoms. The molecule has 1 amide bonds. The lowest BCUT2D eigenvalue weighted by molar-refractivity contribution is -0.135. The summed E-state index contributed by atoms with van der Waals surface area (Å²) < 4.78 is 11.8. The van der Waals surface area contributed by atoms with Crippen LogP contribution in [0.4, 0.5) is 5.69 Å². The van der Waals surface area contributed by atoms with Crippen LogP contribution in [0, 0.1) is 12.8 Å². The molecule has 1 atom stereocenters. The van der Waals surface area contributed by atoms with Crippen molar-refractivity contribution in [3.63, 3.8) is 0 Å². The minimum Gasteiger partial charge on any atom is -0.497 e. The Bertz CT molecular complexity index is 1070. The fourth-order valence-corrected chi connectivity index (χ4v) is 5.33. The van der Waals surface area contributed by atoms with Crippen LogP contribution < -0.4 is 9.47 Å². The minimum atomic E-state index is 0.138. The lowest BCUT2D eigenvalue weighted by atomic mass is 10.0. The maximum Gasteiger partial charge on any atom is 0.223 e. The maximum atomic E-state index is 13.0. The van der Waals surface area contributed by atoms with E-state index in [9.17, 15) is 4.79 Å². The third kappa shape index (κ3) is 4.43. The van der Waals surface area contributed by atoms with Crippen LogP contribution in [-0.2, 0) is 4.79 Å². The summed E-state index contributed by atoms with van der Waals surface area (Å²) in [5.41, 5.74) is 2.89.